The summed E-state index contributed by atoms with van der Waals surface area (Å²) >= 11 is 1.64. The second-order valence-electron chi connectivity index (χ2n) is 6.83. The Labute approximate surface area is 150 Å². The summed E-state index contributed by atoms with van der Waals surface area (Å²) in [4.78, 5) is 4.54. The van der Waals surface area contributed by atoms with Crippen molar-refractivity contribution in [3.63, 3.8) is 0 Å². The van der Waals surface area contributed by atoms with Gasteiger partial charge in [-0.2, -0.15) is 4.98 Å². The van der Waals surface area contributed by atoms with E-state index < -0.39 is 0 Å². The fourth-order valence-electron chi connectivity index (χ4n) is 3.06. The number of aromatic nitrogens is 5. The Bertz CT molecular complexity index is 910. The van der Waals surface area contributed by atoms with Crippen molar-refractivity contribution in [2.24, 2.45) is 0 Å². The maximum Gasteiger partial charge on any atom is 0.237 e. The van der Waals surface area contributed by atoms with Crippen LogP contribution in [0.1, 0.15) is 54.9 Å². The van der Waals surface area contributed by atoms with E-state index in [-0.39, 0.29) is 0 Å². The Morgan fingerprint density at radius 2 is 2.00 bits per heavy atom. The van der Waals surface area contributed by atoms with E-state index in [1.165, 1.54) is 31.5 Å². The Morgan fingerprint density at radius 3 is 2.76 bits per heavy atom. The third kappa shape index (κ3) is 2.97. The fourth-order valence-corrected chi connectivity index (χ4v) is 3.91. The van der Waals surface area contributed by atoms with Crippen LogP contribution in [0.4, 0.5) is 0 Å². The molecule has 6 nitrogen and oxygen atoms in total. The van der Waals surface area contributed by atoms with Gasteiger partial charge in [-0.05, 0) is 38.2 Å². The van der Waals surface area contributed by atoms with Crippen molar-refractivity contribution < 1.29 is 4.52 Å². The van der Waals surface area contributed by atoms with Crippen molar-refractivity contribution in [1.29, 1.82) is 0 Å². The van der Waals surface area contributed by atoms with Crippen molar-refractivity contribution in [2.45, 2.75) is 55.5 Å². The molecule has 2 aliphatic rings. The number of thioether (sulfide) groups is 1. The molecule has 3 aromatic rings. The molecule has 0 amide bonds. The molecule has 2 fully saturated rings. The largest absolute Gasteiger partial charge is 0.338 e. The van der Waals surface area contributed by atoms with Crippen LogP contribution in [0.25, 0.3) is 11.4 Å². The molecule has 0 spiro atoms. The van der Waals surface area contributed by atoms with Gasteiger partial charge in [-0.15, -0.1) is 10.2 Å². The molecule has 5 rings (SSSR count). The van der Waals surface area contributed by atoms with Gasteiger partial charge in [-0.3, -0.25) is 0 Å². The topological polar surface area (TPSA) is 69.6 Å². The SMILES string of the molecule is Cc1ccccc1-c1noc(CSc2nnc(C3CC3)n2C2CC2)n1. The van der Waals surface area contributed by atoms with Gasteiger partial charge in [0.1, 0.15) is 5.82 Å². The molecular formula is C18H19N5OS. The predicted octanol–water partition coefficient (Wildman–Crippen LogP) is 4.14. The van der Waals surface area contributed by atoms with Gasteiger partial charge in [0.2, 0.25) is 11.7 Å². The van der Waals surface area contributed by atoms with E-state index in [1.54, 1.807) is 11.8 Å². The third-order valence-corrected chi connectivity index (χ3v) is 5.65. The molecule has 25 heavy (non-hydrogen) atoms. The van der Waals surface area contributed by atoms with Crippen LogP contribution in [0, 0.1) is 6.92 Å². The minimum Gasteiger partial charge on any atom is -0.338 e. The summed E-state index contributed by atoms with van der Waals surface area (Å²) in [6, 6.07) is 8.67. The maximum absolute atomic E-state index is 5.44. The molecule has 0 aliphatic heterocycles. The van der Waals surface area contributed by atoms with Crippen molar-refractivity contribution in [3.05, 3.63) is 41.5 Å². The van der Waals surface area contributed by atoms with Crippen molar-refractivity contribution in [2.75, 3.05) is 0 Å². The zero-order valence-electron chi connectivity index (χ0n) is 14.1. The molecule has 0 bridgehead atoms. The van der Waals surface area contributed by atoms with E-state index in [2.05, 4.69) is 37.9 Å². The van der Waals surface area contributed by atoms with Crippen LogP contribution in [0.3, 0.4) is 0 Å². The first-order chi connectivity index (χ1) is 12.3. The number of aryl methyl sites for hydroxylation is 1. The first kappa shape index (κ1) is 15.1. The summed E-state index contributed by atoms with van der Waals surface area (Å²) in [5.41, 5.74) is 2.16. The molecular weight excluding hydrogens is 334 g/mol. The zero-order chi connectivity index (χ0) is 16.8. The second-order valence-corrected chi connectivity index (χ2v) is 7.77. The average molecular weight is 353 g/mol. The summed E-state index contributed by atoms with van der Waals surface area (Å²) in [6.45, 7) is 2.05. The number of hydrogen-bond acceptors (Lipinski definition) is 6. The smallest absolute Gasteiger partial charge is 0.237 e. The zero-order valence-corrected chi connectivity index (χ0v) is 14.9. The van der Waals surface area contributed by atoms with Gasteiger partial charge in [0.15, 0.2) is 5.16 Å². The first-order valence-corrected chi connectivity index (χ1v) is 9.74. The van der Waals surface area contributed by atoms with Crippen LogP contribution < -0.4 is 0 Å². The summed E-state index contributed by atoms with van der Waals surface area (Å²) in [7, 11) is 0. The summed E-state index contributed by atoms with van der Waals surface area (Å²) < 4.78 is 7.79. The number of hydrogen-bond donors (Lipinski definition) is 0. The molecule has 128 valence electrons. The molecule has 0 atom stereocenters. The van der Waals surface area contributed by atoms with Gasteiger partial charge in [0.25, 0.3) is 0 Å². The lowest BCUT2D eigenvalue weighted by atomic mass is 10.1. The highest BCUT2D eigenvalue weighted by Crippen LogP contribution is 2.46. The van der Waals surface area contributed by atoms with E-state index in [9.17, 15) is 0 Å². The molecule has 0 saturated heterocycles. The Kier molecular flexibility index (Phi) is 3.62. The molecule has 0 unspecified atom stereocenters. The fraction of sp³-hybridized carbons (Fsp3) is 0.444. The summed E-state index contributed by atoms with van der Waals surface area (Å²) in [5.74, 6) is 3.70. The lowest BCUT2D eigenvalue weighted by Gasteiger charge is -2.06. The summed E-state index contributed by atoms with van der Waals surface area (Å²) in [5, 5.41) is 14.0. The van der Waals surface area contributed by atoms with E-state index in [4.69, 9.17) is 4.52 Å². The molecule has 2 saturated carbocycles. The monoisotopic (exact) mass is 353 g/mol. The molecule has 7 heteroatoms. The minimum absolute atomic E-state index is 0.596. The highest BCUT2D eigenvalue weighted by molar-refractivity contribution is 7.98. The Morgan fingerprint density at radius 1 is 1.16 bits per heavy atom. The third-order valence-electron chi connectivity index (χ3n) is 4.72. The maximum atomic E-state index is 5.44. The number of nitrogens with zero attached hydrogens (tertiary/aromatic N) is 5. The number of benzene rings is 1. The standard InChI is InChI=1S/C18H19N5OS/c1-11-4-2-3-5-14(11)16-19-15(24-22-16)10-25-18-21-20-17(12-6-7-12)23(18)13-8-9-13/h2-5,12-13H,6-10H2,1H3. The Balaban J connectivity index is 1.33. The van der Waals surface area contributed by atoms with Crippen molar-refractivity contribution >= 4 is 11.8 Å². The van der Waals surface area contributed by atoms with Gasteiger partial charge in [0.05, 0.1) is 5.75 Å². The van der Waals surface area contributed by atoms with Gasteiger partial charge in [0, 0.05) is 17.5 Å². The minimum atomic E-state index is 0.596. The molecule has 2 aromatic heterocycles. The molecule has 0 N–H and O–H groups in total. The molecule has 2 aliphatic carbocycles. The molecule has 0 radical (unpaired) electrons. The van der Waals surface area contributed by atoms with Gasteiger partial charge in [-0.1, -0.05) is 41.2 Å². The van der Waals surface area contributed by atoms with Gasteiger partial charge in [-0.25, -0.2) is 0 Å². The second kappa shape index (κ2) is 5.98. The average Bonchev–Trinajstić information content (AvgIpc) is 3.55. The van der Waals surface area contributed by atoms with E-state index >= 15 is 0 Å². The number of rotatable bonds is 6. The van der Waals surface area contributed by atoms with E-state index in [0.717, 1.165) is 16.3 Å². The van der Waals surface area contributed by atoms with Crippen LogP contribution in [-0.4, -0.2) is 24.9 Å². The van der Waals surface area contributed by atoms with Gasteiger partial charge >= 0.3 is 0 Å². The predicted molar refractivity (Wildman–Crippen MR) is 94.3 cm³/mol. The van der Waals surface area contributed by atoms with Crippen LogP contribution >= 0.6 is 11.8 Å². The van der Waals surface area contributed by atoms with E-state index in [0.29, 0.717) is 29.4 Å². The van der Waals surface area contributed by atoms with Crippen LogP contribution in [0.15, 0.2) is 33.9 Å². The van der Waals surface area contributed by atoms with Gasteiger partial charge < -0.3 is 9.09 Å². The lowest BCUT2D eigenvalue weighted by molar-refractivity contribution is 0.391. The lowest BCUT2D eigenvalue weighted by Crippen LogP contribution is -2.01. The van der Waals surface area contributed by atoms with Crippen LogP contribution in [-0.2, 0) is 5.75 Å². The first-order valence-electron chi connectivity index (χ1n) is 8.76. The highest BCUT2D eigenvalue weighted by Gasteiger charge is 2.36. The quantitative estimate of drug-likeness (QED) is 0.620. The Hall–Kier alpha value is -2.15. The van der Waals surface area contributed by atoms with Crippen molar-refractivity contribution in [1.82, 2.24) is 24.9 Å². The normalized spacial score (nSPS) is 17.2. The van der Waals surface area contributed by atoms with E-state index in [1.807, 2.05) is 18.2 Å². The van der Waals surface area contributed by atoms with Crippen LogP contribution in [0.2, 0.25) is 0 Å². The van der Waals surface area contributed by atoms with Crippen molar-refractivity contribution in [3.8, 4) is 11.4 Å². The summed E-state index contributed by atoms with van der Waals surface area (Å²) in [6.07, 6.45) is 4.98. The highest BCUT2D eigenvalue weighted by atomic mass is 32.2. The molecule has 2 heterocycles. The molecule has 1 aromatic carbocycles. The van der Waals surface area contributed by atoms with Crippen LogP contribution in [0.5, 0.6) is 0 Å².